The van der Waals surface area contributed by atoms with Crippen molar-refractivity contribution in [3.05, 3.63) is 108 Å². The Kier molecular flexibility index (Phi) is 12.3. The van der Waals surface area contributed by atoms with Gasteiger partial charge in [0.25, 0.3) is 0 Å². The second-order valence-corrected chi connectivity index (χ2v) is 8.51. The van der Waals surface area contributed by atoms with Crippen molar-refractivity contribution in [2.75, 3.05) is 14.1 Å². The quantitative estimate of drug-likeness (QED) is 0.331. The molecule has 1 atom stereocenters. The van der Waals surface area contributed by atoms with Gasteiger partial charge in [-0.3, -0.25) is 0 Å². The summed E-state index contributed by atoms with van der Waals surface area (Å²) in [5, 5.41) is 0. The fourth-order valence-corrected chi connectivity index (χ4v) is 3.04. The molecule has 0 aromatic heterocycles. The van der Waals surface area contributed by atoms with E-state index in [2.05, 4.69) is 132 Å². The second-order valence-electron chi connectivity index (χ2n) is 8.51. The molecule has 0 fully saturated rings. The van der Waals surface area contributed by atoms with Crippen LogP contribution in [0.25, 0.3) is 0 Å². The van der Waals surface area contributed by atoms with Gasteiger partial charge in [0, 0.05) is 19.8 Å². The van der Waals surface area contributed by atoms with Crippen LogP contribution in [0.3, 0.4) is 0 Å². The first-order valence-electron chi connectivity index (χ1n) is 11.1. The minimum absolute atomic E-state index is 0.515. The van der Waals surface area contributed by atoms with Crippen molar-refractivity contribution in [3.8, 4) is 0 Å². The van der Waals surface area contributed by atoms with Crippen LogP contribution in [0.4, 0.5) is 0 Å². The molecule has 0 amide bonds. The largest absolute Gasteiger partial charge is 0.378 e. The first-order valence-corrected chi connectivity index (χ1v) is 11.1. The van der Waals surface area contributed by atoms with Crippen LogP contribution >= 0.6 is 0 Å². The second kappa shape index (κ2) is 14.4. The molecule has 0 spiro atoms. The zero-order chi connectivity index (χ0) is 22.4. The molecule has 1 aliphatic carbocycles. The molecule has 0 radical (unpaired) electrons. The Morgan fingerprint density at radius 2 is 1.80 bits per heavy atom. The van der Waals surface area contributed by atoms with Gasteiger partial charge < -0.3 is 4.90 Å². The number of hydrogen-bond acceptors (Lipinski definition) is 1. The molecule has 30 heavy (non-hydrogen) atoms. The highest BCUT2D eigenvalue weighted by atomic mass is 15.1. The van der Waals surface area contributed by atoms with Crippen LogP contribution in [0, 0.1) is 11.8 Å². The lowest BCUT2D eigenvalue weighted by Crippen LogP contribution is -2.09. The maximum Gasteiger partial charge on any atom is 0.0363 e. The molecule has 0 saturated heterocycles. The summed E-state index contributed by atoms with van der Waals surface area (Å²) in [7, 11) is 4.18. The first kappa shape index (κ1) is 25.5. The minimum Gasteiger partial charge on any atom is -0.378 e. The highest BCUT2D eigenvalue weighted by Crippen LogP contribution is 2.18. The van der Waals surface area contributed by atoms with Crippen LogP contribution in [-0.2, 0) is 0 Å². The molecule has 0 aliphatic heterocycles. The van der Waals surface area contributed by atoms with E-state index in [1.807, 2.05) is 0 Å². The summed E-state index contributed by atoms with van der Waals surface area (Å²) in [5.74, 6) is 1.06. The normalized spacial score (nSPS) is 27.0. The lowest BCUT2D eigenvalue weighted by atomic mass is 10.0. The molecule has 0 aromatic rings. The lowest BCUT2D eigenvalue weighted by molar-refractivity contribution is 0.529. The van der Waals surface area contributed by atoms with E-state index in [9.17, 15) is 0 Å². The molecule has 1 heteroatoms. The van der Waals surface area contributed by atoms with E-state index >= 15 is 0 Å². The number of likely N-dealkylation sites (N-methyl/N-ethyl adjacent to an activating group) is 1. The van der Waals surface area contributed by atoms with Crippen molar-refractivity contribution in [1.82, 2.24) is 4.90 Å². The fraction of sp³-hybridized carbons (Fsp3) is 0.379. The number of allylic oxidation sites excluding steroid dienone is 16. The Hall–Kier alpha value is -2.54. The lowest BCUT2D eigenvalue weighted by Gasteiger charge is -2.16. The Morgan fingerprint density at radius 3 is 2.50 bits per heavy atom. The number of hydrogen-bond donors (Lipinski definition) is 0. The molecule has 162 valence electrons. The van der Waals surface area contributed by atoms with E-state index < -0.39 is 0 Å². The summed E-state index contributed by atoms with van der Waals surface area (Å²) in [5.41, 5.74) is 4.64. The third-order valence-electron chi connectivity index (χ3n) is 4.73. The topological polar surface area (TPSA) is 3.24 Å². The van der Waals surface area contributed by atoms with E-state index in [1.165, 1.54) is 11.3 Å². The van der Waals surface area contributed by atoms with Crippen molar-refractivity contribution in [2.24, 2.45) is 11.8 Å². The average molecular weight is 404 g/mol. The number of nitrogens with zero attached hydrogens (tertiary/aromatic N) is 1. The third kappa shape index (κ3) is 11.5. The minimum atomic E-state index is 0.515. The molecule has 1 rings (SSSR count). The van der Waals surface area contributed by atoms with Crippen LogP contribution in [0.2, 0.25) is 0 Å². The van der Waals surface area contributed by atoms with E-state index in [-0.39, 0.29) is 0 Å². The van der Waals surface area contributed by atoms with Gasteiger partial charge in [-0.15, -0.1) is 0 Å². The van der Waals surface area contributed by atoms with Crippen molar-refractivity contribution < 1.29 is 0 Å². The van der Waals surface area contributed by atoms with E-state index in [1.54, 1.807) is 0 Å². The smallest absolute Gasteiger partial charge is 0.0363 e. The predicted octanol–water partition coefficient (Wildman–Crippen LogP) is 8.12. The highest BCUT2D eigenvalue weighted by Gasteiger charge is 2.02. The maximum absolute atomic E-state index is 4.35. The van der Waals surface area contributed by atoms with Crippen LogP contribution in [0.5, 0.6) is 0 Å². The summed E-state index contributed by atoms with van der Waals surface area (Å²) in [4.78, 5) is 2.16. The van der Waals surface area contributed by atoms with Crippen molar-refractivity contribution in [3.63, 3.8) is 0 Å². The van der Waals surface area contributed by atoms with E-state index in [4.69, 9.17) is 0 Å². The molecule has 1 nitrogen and oxygen atoms in total. The van der Waals surface area contributed by atoms with Crippen molar-refractivity contribution >= 4 is 0 Å². The van der Waals surface area contributed by atoms with Gasteiger partial charge >= 0.3 is 0 Å². The van der Waals surface area contributed by atoms with Gasteiger partial charge in [-0.1, -0.05) is 99.8 Å². The van der Waals surface area contributed by atoms with Gasteiger partial charge in [0.05, 0.1) is 0 Å². The van der Waals surface area contributed by atoms with E-state index in [0.717, 1.165) is 30.4 Å². The summed E-state index contributed by atoms with van der Waals surface area (Å²) >= 11 is 0. The Bertz CT molecular complexity index is 773. The molecule has 0 bridgehead atoms. The molecule has 0 heterocycles. The summed E-state index contributed by atoms with van der Waals surface area (Å²) in [6.07, 6.45) is 31.6. The summed E-state index contributed by atoms with van der Waals surface area (Å²) in [6, 6.07) is 0. The standard InChI is InChI=1S/C29H41N/c1-24(2)22-26(4)20-21-27(5)28-18-14-12-10-8-9-11-13-16-25(3)17-15-19-29(23-28)30(6)7/h9-13,15-16,18-25H,5,8,14,17H2,1-4,6-7H3/b11-9-,12-10-,16-13-,19-15+,21-20-,26-22+,28-18+,29-23+. The van der Waals surface area contributed by atoms with Crippen LogP contribution in [0.15, 0.2) is 108 Å². The SMILES string of the molecule is C=C(/C=C\C(C)=C\C(C)C)C1=C/C/C=C\C/C=C\C=C/C(C)C/C=C/C(N(C)C)=C\1. The highest BCUT2D eigenvalue weighted by molar-refractivity contribution is 5.48. The number of rotatable bonds is 5. The van der Waals surface area contributed by atoms with Crippen LogP contribution in [0.1, 0.15) is 47.0 Å². The van der Waals surface area contributed by atoms with Crippen molar-refractivity contribution in [1.29, 1.82) is 0 Å². The Morgan fingerprint density at radius 1 is 1.07 bits per heavy atom. The molecule has 1 aliphatic rings. The first-order chi connectivity index (χ1) is 14.3. The predicted molar refractivity (Wildman–Crippen MR) is 136 cm³/mol. The zero-order valence-corrected chi connectivity index (χ0v) is 19.9. The Balaban J connectivity index is 3.22. The summed E-state index contributed by atoms with van der Waals surface area (Å²) < 4.78 is 0. The van der Waals surface area contributed by atoms with Gasteiger partial charge in [0.2, 0.25) is 0 Å². The van der Waals surface area contributed by atoms with Gasteiger partial charge in [-0.2, -0.15) is 0 Å². The van der Waals surface area contributed by atoms with Crippen LogP contribution in [-0.4, -0.2) is 19.0 Å². The van der Waals surface area contributed by atoms with Crippen molar-refractivity contribution in [2.45, 2.75) is 47.0 Å². The monoisotopic (exact) mass is 403 g/mol. The van der Waals surface area contributed by atoms with Gasteiger partial charge in [0.15, 0.2) is 0 Å². The molecule has 0 aromatic carbocycles. The summed E-state index contributed by atoms with van der Waals surface area (Å²) in [6.45, 7) is 13.2. The molecule has 1 unspecified atom stereocenters. The molecular formula is C29H41N. The average Bonchev–Trinajstić information content (AvgIpc) is 2.67. The van der Waals surface area contributed by atoms with E-state index in [0.29, 0.717) is 11.8 Å². The Labute approximate surface area is 186 Å². The fourth-order valence-electron chi connectivity index (χ4n) is 3.04. The van der Waals surface area contributed by atoms with Gasteiger partial charge in [-0.05, 0) is 61.3 Å². The molecule has 0 saturated carbocycles. The molecule has 0 N–H and O–H groups in total. The van der Waals surface area contributed by atoms with Gasteiger partial charge in [-0.25, -0.2) is 0 Å². The van der Waals surface area contributed by atoms with Gasteiger partial charge in [0.1, 0.15) is 0 Å². The maximum atomic E-state index is 4.35. The van der Waals surface area contributed by atoms with Crippen LogP contribution < -0.4 is 0 Å². The molecular weight excluding hydrogens is 362 g/mol. The zero-order valence-electron chi connectivity index (χ0n) is 19.9. The third-order valence-corrected chi connectivity index (χ3v) is 4.73.